The lowest BCUT2D eigenvalue weighted by molar-refractivity contribution is -0.143. The molecule has 6 heteroatoms. The Morgan fingerprint density at radius 3 is 3.05 bits per heavy atom. The minimum atomic E-state index is -0.508. The predicted molar refractivity (Wildman–Crippen MR) is 76.5 cm³/mol. The number of hydrogen-bond donors (Lipinski definition) is 2. The lowest BCUT2D eigenvalue weighted by atomic mass is 10.1. The van der Waals surface area contributed by atoms with Gasteiger partial charge in [-0.05, 0) is 19.4 Å². The number of nitrogens with zero attached hydrogens (tertiary/aromatic N) is 1. The lowest BCUT2D eigenvalue weighted by Crippen LogP contribution is -2.38. The molecule has 1 saturated heterocycles. The van der Waals surface area contributed by atoms with Crippen LogP contribution in [0.5, 0.6) is 0 Å². The number of carbonyl (C=O) groups is 2. The molecule has 1 aromatic carbocycles. The van der Waals surface area contributed by atoms with E-state index in [9.17, 15) is 9.59 Å². The molecule has 2 heterocycles. The molecule has 1 aliphatic heterocycles. The van der Waals surface area contributed by atoms with Crippen LogP contribution in [0.4, 0.5) is 0 Å². The SMILES string of the molecule is CC1CC(NC(=O)CCc2[nH]nc3ccccc23)C(=O)O1. The molecule has 0 saturated carbocycles. The molecule has 1 fully saturated rings. The number of carbonyl (C=O) groups excluding carboxylic acids is 2. The lowest BCUT2D eigenvalue weighted by Gasteiger charge is -2.08. The van der Waals surface area contributed by atoms with Gasteiger partial charge >= 0.3 is 5.97 Å². The molecule has 2 N–H and O–H groups in total. The van der Waals surface area contributed by atoms with Crippen LogP contribution in [-0.2, 0) is 20.7 Å². The van der Waals surface area contributed by atoms with E-state index in [1.807, 2.05) is 31.2 Å². The number of nitrogens with one attached hydrogen (secondary N) is 2. The number of fused-ring (bicyclic) bond motifs is 1. The maximum Gasteiger partial charge on any atom is 0.329 e. The summed E-state index contributed by atoms with van der Waals surface area (Å²) in [5, 5.41) is 10.9. The van der Waals surface area contributed by atoms with Crippen molar-refractivity contribution in [2.24, 2.45) is 0 Å². The Balaban J connectivity index is 1.57. The van der Waals surface area contributed by atoms with Gasteiger partial charge < -0.3 is 10.1 Å². The summed E-state index contributed by atoms with van der Waals surface area (Å²) in [6.45, 7) is 1.82. The third-order valence-corrected chi connectivity index (χ3v) is 3.65. The maximum absolute atomic E-state index is 11.9. The van der Waals surface area contributed by atoms with Gasteiger partial charge in [0.1, 0.15) is 12.1 Å². The van der Waals surface area contributed by atoms with E-state index >= 15 is 0 Å². The number of aromatic amines is 1. The van der Waals surface area contributed by atoms with Gasteiger partial charge in [0.15, 0.2) is 0 Å². The van der Waals surface area contributed by atoms with Crippen molar-refractivity contribution in [3.63, 3.8) is 0 Å². The first-order valence-corrected chi connectivity index (χ1v) is 7.05. The summed E-state index contributed by atoms with van der Waals surface area (Å²) in [7, 11) is 0. The molecule has 0 bridgehead atoms. The molecular formula is C15H17N3O3. The third kappa shape index (κ3) is 2.89. The van der Waals surface area contributed by atoms with E-state index in [4.69, 9.17) is 4.74 Å². The second-order valence-corrected chi connectivity index (χ2v) is 5.32. The Bertz CT molecular complexity index is 680. The Labute approximate surface area is 121 Å². The van der Waals surface area contributed by atoms with E-state index in [0.717, 1.165) is 16.6 Å². The molecule has 0 aliphatic carbocycles. The quantitative estimate of drug-likeness (QED) is 0.831. The molecular weight excluding hydrogens is 270 g/mol. The van der Waals surface area contributed by atoms with E-state index in [1.54, 1.807) is 0 Å². The number of amides is 1. The van der Waals surface area contributed by atoms with Crippen molar-refractivity contribution in [1.29, 1.82) is 0 Å². The molecule has 0 spiro atoms. The highest BCUT2D eigenvalue weighted by Gasteiger charge is 2.32. The van der Waals surface area contributed by atoms with Crippen LogP contribution in [0.25, 0.3) is 10.9 Å². The molecule has 1 amide bonds. The van der Waals surface area contributed by atoms with E-state index in [1.165, 1.54) is 0 Å². The summed E-state index contributed by atoms with van der Waals surface area (Å²) < 4.78 is 5.01. The van der Waals surface area contributed by atoms with Crippen LogP contribution >= 0.6 is 0 Å². The largest absolute Gasteiger partial charge is 0.461 e. The van der Waals surface area contributed by atoms with Gasteiger partial charge in [0.2, 0.25) is 5.91 Å². The summed E-state index contributed by atoms with van der Waals surface area (Å²) >= 11 is 0. The average molecular weight is 287 g/mol. The minimum Gasteiger partial charge on any atom is -0.461 e. The van der Waals surface area contributed by atoms with Gasteiger partial charge in [-0.25, -0.2) is 4.79 Å². The Kier molecular flexibility index (Phi) is 3.60. The first-order chi connectivity index (χ1) is 10.1. The molecule has 2 atom stereocenters. The van der Waals surface area contributed by atoms with Gasteiger partial charge in [0.25, 0.3) is 0 Å². The number of aromatic nitrogens is 2. The highest BCUT2D eigenvalue weighted by molar-refractivity contribution is 5.86. The first kappa shape index (κ1) is 13.6. The second kappa shape index (κ2) is 5.55. The summed E-state index contributed by atoms with van der Waals surface area (Å²) in [5.41, 5.74) is 1.82. The molecule has 2 aromatic rings. The summed E-state index contributed by atoms with van der Waals surface area (Å²) in [6, 6.07) is 7.25. The van der Waals surface area contributed by atoms with Crippen LogP contribution in [-0.4, -0.2) is 34.2 Å². The number of H-pyrrole nitrogens is 1. The fourth-order valence-corrected chi connectivity index (χ4v) is 2.58. The number of ether oxygens (including phenoxy) is 1. The zero-order valence-electron chi connectivity index (χ0n) is 11.8. The van der Waals surface area contributed by atoms with Crippen LogP contribution in [0.1, 0.15) is 25.5 Å². The van der Waals surface area contributed by atoms with Crippen molar-refractivity contribution < 1.29 is 14.3 Å². The smallest absolute Gasteiger partial charge is 0.329 e. The molecule has 6 nitrogen and oxygen atoms in total. The number of esters is 1. The molecule has 1 aliphatic rings. The van der Waals surface area contributed by atoms with Crippen LogP contribution in [0, 0.1) is 0 Å². The summed E-state index contributed by atoms with van der Waals surface area (Å²) in [6.07, 6.45) is 1.28. The van der Waals surface area contributed by atoms with Crippen molar-refractivity contribution in [3.05, 3.63) is 30.0 Å². The van der Waals surface area contributed by atoms with Crippen molar-refractivity contribution in [2.75, 3.05) is 0 Å². The molecule has 110 valence electrons. The van der Waals surface area contributed by atoms with Crippen molar-refractivity contribution in [1.82, 2.24) is 15.5 Å². The average Bonchev–Trinajstić information content (AvgIpc) is 3.00. The number of hydrogen-bond acceptors (Lipinski definition) is 4. The Hall–Kier alpha value is -2.37. The zero-order valence-corrected chi connectivity index (χ0v) is 11.8. The van der Waals surface area contributed by atoms with Gasteiger partial charge in [-0.15, -0.1) is 0 Å². The van der Waals surface area contributed by atoms with Crippen LogP contribution in [0.2, 0.25) is 0 Å². The first-order valence-electron chi connectivity index (χ1n) is 7.05. The monoisotopic (exact) mass is 287 g/mol. The van der Waals surface area contributed by atoms with E-state index in [2.05, 4.69) is 15.5 Å². The second-order valence-electron chi connectivity index (χ2n) is 5.32. The Morgan fingerprint density at radius 2 is 2.29 bits per heavy atom. The molecule has 2 unspecified atom stereocenters. The minimum absolute atomic E-state index is 0.126. The number of cyclic esters (lactones) is 1. The summed E-state index contributed by atoms with van der Waals surface area (Å²) in [4.78, 5) is 23.4. The molecule has 3 rings (SSSR count). The van der Waals surface area contributed by atoms with Crippen molar-refractivity contribution in [2.45, 2.75) is 38.3 Å². The van der Waals surface area contributed by atoms with Gasteiger partial charge in [0, 0.05) is 23.9 Å². The fourth-order valence-electron chi connectivity index (χ4n) is 2.58. The number of rotatable bonds is 4. The van der Waals surface area contributed by atoms with E-state index < -0.39 is 6.04 Å². The molecule has 1 aromatic heterocycles. The fraction of sp³-hybridized carbons (Fsp3) is 0.400. The Morgan fingerprint density at radius 1 is 1.48 bits per heavy atom. The standard InChI is InChI=1S/C15H17N3O3/c1-9-8-13(15(20)21-9)16-14(19)7-6-12-10-4-2-3-5-11(10)17-18-12/h2-5,9,13H,6-8H2,1H3,(H,16,19)(H,17,18). The van der Waals surface area contributed by atoms with Crippen LogP contribution in [0.3, 0.4) is 0 Å². The number of aryl methyl sites for hydroxylation is 1. The third-order valence-electron chi connectivity index (χ3n) is 3.65. The van der Waals surface area contributed by atoms with Gasteiger partial charge in [-0.3, -0.25) is 9.89 Å². The number of para-hydroxylation sites is 1. The van der Waals surface area contributed by atoms with Gasteiger partial charge in [-0.2, -0.15) is 5.10 Å². The maximum atomic E-state index is 11.9. The normalized spacial score (nSPS) is 21.5. The van der Waals surface area contributed by atoms with Gasteiger partial charge in [0.05, 0.1) is 5.52 Å². The number of benzene rings is 1. The van der Waals surface area contributed by atoms with Gasteiger partial charge in [-0.1, -0.05) is 18.2 Å². The van der Waals surface area contributed by atoms with Crippen molar-refractivity contribution >= 4 is 22.8 Å². The van der Waals surface area contributed by atoms with Crippen molar-refractivity contribution in [3.8, 4) is 0 Å². The highest BCUT2D eigenvalue weighted by atomic mass is 16.6. The predicted octanol–water partition coefficient (Wildman–Crippen LogP) is 1.32. The van der Waals surface area contributed by atoms with E-state index in [-0.39, 0.29) is 18.0 Å². The zero-order chi connectivity index (χ0) is 14.8. The van der Waals surface area contributed by atoms with Crippen LogP contribution in [0.15, 0.2) is 24.3 Å². The summed E-state index contributed by atoms with van der Waals surface area (Å²) in [5.74, 6) is -0.493. The molecule has 21 heavy (non-hydrogen) atoms. The van der Waals surface area contributed by atoms with E-state index in [0.29, 0.717) is 19.3 Å². The van der Waals surface area contributed by atoms with Crippen LogP contribution < -0.4 is 5.32 Å². The topological polar surface area (TPSA) is 84.1 Å². The highest BCUT2D eigenvalue weighted by Crippen LogP contribution is 2.17. The molecule has 0 radical (unpaired) electrons.